The first-order valence-corrected chi connectivity index (χ1v) is 5.24. The summed E-state index contributed by atoms with van der Waals surface area (Å²) in [5, 5.41) is 2.52. The van der Waals surface area contributed by atoms with E-state index in [-0.39, 0.29) is 12.5 Å². The predicted molar refractivity (Wildman–Crippen MR) is 58.2 cm³/mol. The number of likely N-dealkylation sites (N-methyl/N-ethyl adjacent to an activating group) is 1. The van der Waals surface area contributed by atoms with E-state index in [1.807, 2.05) is 0 Å². The van der Waals surface area contributed by atoms with Gasteiger partial charge in [-0.05, 0) is 18.3 Å². The van der Waals surface area contributed by atoms with Crippen molar-refractivity contribution in [2.24, 2.45) is 5.41 Å². The minimum absolute atomic E-state index is 0.0548. The molecule has 0 aromatic heterocycles. The highest BCUT2D eigenvalue weighted by Gasteiger charge is 2.08. The molecule has 0 aromatic carbocycles. The maximum Gasteiger partial charge on any atom is 0.245 e. The molecule has 84 valence electrons. The third-order valence-corrected chi connectivity index (χ3v) is 1.98. The Hall–Kier alpha value is -0.570. The molecule has 0 aliphatic rings. The lowest BCUT2D eigenvalue weighted by Crippen LogP contribution is -2.23. The molecular weight excluding hydrogens is 178 g/mol. The molecule has 0 bridgehead atoms. The van der Waals surface area contributed by atoms with E-state index in [9.17, 15) is 4.79 Å². The Bertz CT molecular complexity index is 161. The van der Waals surface area contributed by atoms with Crippen LogP contribution in [0.25, 0.3) is 0 Å². The summed E-state index contributed by atoms with van der Waals surface area (Å²) in [7, 11) is 1.62. The molecule has 0 heterocycles. The highest BCUT2D eigenvalue weighted by molar-refractivity contribution is 5.76. The Labute approximate surface area is 87.2 Å². The van der Waals surface area contributed by atoms with Gasteiger partial charge in [0, 0.05) is 13.7 Å². The SMILES string of the molecule is CNC(=O)COCCCCC(C)(C)C. The van der Waals surface area contributed by atoms with Gasteiger partial charge in [0.15, 0.2) is 0 Å². The van der Waals surface area contributed by atoms with Crippen LogP contribution in [0.4, 0.5) is 0 Å². The molecule has 3 nitrogen and oxygen atoms in total. The minimum atomic E-state index is -0.0548. The summed E-state index contributed by atoms with van der Waals surface area (Å²) in [5.74, 6) is -0.0548. The van der Waals surface area contributed by atoms with Gasteiger partial charge in [0.25, 0.3) is 0 Å². The van der Waals surface area contributed by atoms with Gasteiger partial charge in [-0.3, -0.25) is 4.79 Å². The maximum atomic E-state index is 10.8. The van der Waals surface area contributed by atoms with Crippen LogP contribution in [-0.4, -0.2) is 26.2 Å². The molecule has 0 radical (unpaired) electrons. The van der Waals surface area contributed by atoms with Crippen LogP contribution in [0.2, 0.25) is 0 Å². The normalized spacial score (nSPS) is 11.4. The van der Waals surface area contributed by atoms with Crippen molar-refractivity contribution in [2.75, 3.05) is 20.3 Å². The second-order valence-corrected chi connectivity index (χ2v) is 4.74. The summed E-state index contributed by atoms with van der Waals surface area (Å²) in [6.07, 6.45) is 3.40. The summed E-state index contributed by atoms with van der Waals surface area (Å²) >= 11 is 0. The average molecular weight is 201 g/mol. The van der Waals surface area contributed by atoms with Gasteiger partial charge >= 0.3 is 0 Å². The standard InChI is InChI=1S/C11H23NO2/c1-11(2,3)7-5-6-8-14-9-10(13)12-4/h5-9H2,1-4H3,(H,12,13). The van der Waals surface area contributed by atoms with Crippen LogP contribution in [0, 0.1) is 5.41 Å². The van der Waals surface area contributed by atoms with Gasteiger partial charge in [-0.2, -0.15) is 0 Å². The molecule has 3 heteroatoms. The zero-order chi connectivity index (χ0) is 11.0. The van der Waals surface area contributed by atoms with Crippen molar-refractivity contribution in [3.63, 3.8) is 0 Å². The lowest BCUT2D eigenvalue weighted by Gasteiger charge is -2.17. The molecule has 0 aliphatic heterocycles. The van der Waals surface area contributed by atoms with Crippen LogP contribution in [0.15, 0.2) is 0 Å². The number of rotatable bonds is 6. The second kappa shape index (κ2) is 6.82. The molecule has 0 rings (SSSR count). The van der Waals surface area contributed by atoms with Crippen molar-refractivity contribution in [3.8, 4) is 0 Å². The van der Waals surface area contributed by atoms with Gasteiger partial charge in [0.2, 0.25) is 5.91 Å². The Kier molecular flexibility index (Phi) is 6.54. The molecule has 0 saturated heterocycles. The van der Waals surface area contributed by atoms with E-state index in [1.165, 1.54) is 6.42 Å². The van der Waals surface area contributed by atoms with Crippen LogP contribution in [0.3, 0.4) is 0 Å². The minimum Gasteiger partial charge on any atom is -0.372 e. The number of hydrogen-bond donors (Lipinski definition) is 1. The van der Waals surface area contributed by atoms with E-state index in [0.29, 0.717) is 12.0 Å². The van der Waals surface area contributed by atoms with Gasteiger partial charge in [-0.15, -0.1) is 0 Å². The van der Waals surface area contributed by atoms with Gasteiger partial charge in [0.1, 0.15) is 6.61 Å². The molecule has 0 aromatic rings. The highest BCUT2D eigenvalue weighted by Crippen LogP contribution is 2.21. The van der Waals surface area contributed by atoms with E-state index in [4.69, 9.17) is 4.74 Å². The van der Waals surface area contributed by atoms with Crippen molar-refractivity contribution in [1.29, 1.82) is 0 Å². The first-order chi connectivity index (χ1) is 6.45. The average Bonchev–Trinajstić information content (AvgIpc) is 2.08. The zero-order valence-electron chi connectivity index (χ0n) is 9.85. The third kappa shape index (κ3) is 9.52. The largest absolute Gasteiger partial charge is 0.372 e. The number of carbonyl (C=O) groups excluding carboxylic acids is 1. The van der Waals surface area contributed by atoms with Crippen LogP contribution >= 0.6 is 0 Å². The molecule has 0 saturated carbocycles. The highest BCUT2D eigenvalue weighted by atomic mass is 16.5. The van der Waals surface area contributed by atoms with Crippen LogP contribution in [0.5, 0.6) is 0 Å². The molecular formula is C11H23NO2. The Balaban J connectivity index is 3.18. The quantitative estimate of drug-likeness (QED) is 0.667. The van der Waals surface area contributed by atoms with Crippen LogP contribution in [-0.2, 0) is 9.53 Å². The van der Waals surface area contributed by atoms with Crippen molar-refractivity contribution >= 4 is 5.91 Å². The molecule has 0 atom stereocenters. The summed E-state index contributed by atoms with van der Waals surface area (Å²) in [4.78, 5) is 10.8. The van der Waals surface area contributed by atoms with Gasteiger partial charge in [-0.1, -0.05) is 27.2 Å². The lowest BCUT2D eigenvalue weighted by molar-refractivity contribution is -0.125. The van der Waals surface area contributed by atoms with E-state index >= 15 is 0 Å². The molecule has 14 heavy (non-hydrogen) atoms. The van der Waals surface area contributed by atoms with Gasteiger partial charge in [0.05, 0.1) is 0 Å². The smallest absolute Gasteiger partial charge is 0.245 e. The number of amides is 1. The fraction of sp³-hybridized carbons (Fsp3) is 0.909. The molecule has 0 fully saturated rings. The molecule has 1 N–H and O–H groups in total. The Morgan fingerprint density at radius 3 is 2.43 bits per heavy atom. The molecule has 0 unspecified atom stereocenters. The Morgan fingerprint density at radius 2 is 1.93 bits per heavy atom. The monoisotopic (exact) mass is 201 g/mol. The van der Waals surface area contributed by atoms with Crippen molar-refractivity contribution < 1.29 is 9.53 Å². The number of ether oxygens (including phenoxy) is 1. The van der Waals surface area contributed by atoms with E-state index < -0.39 is 0 Å². The van der Waals surface area contributed by atoms with Crippen molar-refractivity contribution in [2.45, 2.75) is 40.0 Å². The number of carbonyl (C=O) groups is 1. The lowest BCUT2D eigenvalue weighted by atomic mass is 9.90. The van der Waals surface area contributed by atoms with E-state index in [1.54, 1.807) is 7.05 Å². The zero-order valence-corrected chi connectivity index (χ0v) is 9.85. The summed E-state index contributed by atoms with van der Waals surface area (Å²) in [6.45, 7) is 7.57. The molecule has 0 spiro atoms. The van der Waals surface area contributed by atoms with E-state index in [0.717, 1.165) is 12.8 Å². The number of unbranched alkanes of at least 4 members (excludes halogenated alkanes) is 1. The van der Waals surface area contributed by atoms with E-state index in [2.05, 4.69) is 26.1 Å². The second-order valence-electron chi connectivity index (χ2n) is 4.74. The summed E-state index contributed by atoms with van der Waals surface area (Å²) in [5.41, 5.74) is 0.404. The topological polar surface area (TPSA) is 38.3 Å². The van der Waals surface area contributed by atoms with Gasteiger partial charge in [-0.25, -0.2) is 0 Å². The fourth-order valence-corrected chi connectivity index (χ4v) is 1.10. The first kappa shape index (κ1) is 13.4. The van der Waals surface area contributed by atoms with Gasteiger partial charge < -0.3 is 10.1 Å². The Morgan fingerprint density at radius 1 is 1.29 bits per heavy atom. The predicted octanol–water partition coefficient (Wildman–Crippen LogP) is 1.97. The third-order valence-electron chi connectivity index (χ3n) is 1.98. The van der Waals surface area contributed by atoms with Crippen LogP contribution < -0.4 is 5.32 Å². The van der Waals surface area contributed by atoms with Crippen molar-refractivity contribution in [3.05, 3.63) is 0 Å². The summed E-state index contributed by atoms with van der Waals surface area (Å²) in [6, 6.07) is 0. The number of hydrogen-bond acceptors (Lipinski definition) is 2. The molecule has 1 amide bonds. The number of nitrogens with one attached hydrogen (secondary N) is 1. The summed E-state index contributed by atoms with van der Waals surface area (Å²) < 4.78 is 5.19. The fourth-order valence-electron chi connectivity index (χ4n) is 1.10. The van der Waals surface area contributed by atoms with Crippen LogP contribution in [0.1, 0.15) is 40.0 Å². The molecule has 0 aliphatic carbocycles. The maximum absolute atomic E-state index is 10.8. The van der Waals surface area contributed by atoms with Crippen molar-refractivity contribution in [1.82, 2.24) is 5.32 Å². The first-order valence-electron chi connectivity index (χ1n) is 5.24.